The molecular formula is C26H27N3O2. The number of nitrogens with zero attached hydrogens (tertiary/aromatic N) is 2. The molecule has 0 aliphatic carbocycles. The summed E-state index contributed by atoms with van der Waals surface area (Å²) in [6.07, 6.45) is 5.05. The molecule has 0 aliphatic rings. The molecule has 1 heterocycles. The Hall–Kier alpha value is -3.44. The Morgan fingerprint density at radius 1 is 1.03 bits per heavy atom. The number of hydrogen-bond acceptors (Lipinski definition) is 3. The average Bonchev–Trinajstić information content (AvgIpc) is 3.29. The molecule has 1 unspecified atom stereocenters. The average molecular weight is 414 g/mol. The van der Waals surface area contributed by atoms with E-state index in [0.29, 0.717) is 6.61 Å². The van der Waals surface area contributed by atoms with Crippen molar-refractivity contribution in [2.75, 3.05) is 0 Å². The number of ether oxygens (including phenoxy) is 1. The molecule has 5 nitrogen and oxygen atoms in total. The Balaban J connectivity index is 1.54. The second-order valence-electron chi connectivity index (χ2n) is 7.82. The van der Waals surface area contributed by atoms with E-state index in [-0.39, 0.29) is 17.8 Å². The molecule has 4 aromatic rings. The Bertz CT molecular complexity index is 1150. The fraction of sp³-hybridized carbons (Fsp3) is 0.231. The molecule has 2 N–H and O–H groups in total. The fourth-order valence-electron chi connectivity index (χ4n) is 4.00. The molecule has 3 aromatic carbocycles. The number of fused-ring (bicyclic) bond motifs is 1. The van der Waals surface area contributed by atoms with Crippen LogP contribution in [0.2, 0.25) is 0 Å². The van der Waals surface area contributed by atoms with Gasteiger partial charge in [0.1, 0.15) is 5.69 Å². The van der Waals surface area contributed by atoms with E-state index in [1.54, 1.807) is 12.5 Å². The quantitative estimate of drug-likeness (QED) is 0.424. The maximum absolute atomic E-state index is 11.6. The third-order valence-electron chi connectivity index (χ3n) is 5.72. The highest BCUT2D eigenvalue weighted by Crippen LogP contribution is 2.26. The van der Waals surface area contributed by atoms with E-state index in [1.165, 1.54) is 16.3 Å². The van der Waals surface area contributed by atoms with Gasteiger partial charge < -0.3 is 15.0 Å². The summed E-state index contributed by atoms with van der Waals surface area (Å²) in [6.45, 7) is 2.60. The summed E-state index contributed by atoms with van der Waals surface area (Å²) in [7, 11) is 0. The molecule has 0 bridgehead atoms. The summed E-state index contributed by atoms with van der Waals surface area (Å²) >= 11 is 0. The van der Waals surface area contributed by atoms with Crippen LogP contribution in [0.15, 0.2) is 85.3 Å². The molecule has 1 aromatic heterocycles. The van der Waals surface area contributed by atoms with Gasteiger partial charge in [-0.2, -0.15) is 0 Å². The Morgan fingerprint density at radius 3 is 2.55 bits per heavy atom. The van der Waals surface area contributed by atoms with Gasteiger partial charge in [-0.3, -0.25) is 4.79 Å². The van der Waals surface area contributed by atoms with E-state index in [0.717, 1.165) is 18.4 Å². The van der Waals surface area contributed by atoms with Crippen LogP contribution in [0.5, 0.6) is 0 Å². The van der Waals surface area contributed by atoms with E-state index in [4.69, 9.17) is 10.5 Å². The largest absolute Gasteiger partial charge is 0.372 e. The smallest absolute Gasteiger partial charge is 0.268 e. The van der Waals surface area contributed by atoms with Gasteiger partial charge in [0, 0.05) is 6.20 Å². The zero-order chi connectivity index (χ0) is 21.6. The van der Waals surface area contributed by atoms with Crippen LogP contribution < -0.4 is 5.73 Å². The second-order valence-corrected chi connectivity index (χ2v) is 7.82. The van der Waals surface area contributed by atoms with Crippen LogP contribution in [0.4, 0.5) is 0 Å². The summed E-state index contributed by atoms with van der Waals surface area (Å²) in [5.41, 5.74) is 8.12. The van der Waals surface area contributed by atoms with Crippen molar-refractivity contribution in [3.05, 3.63) is 102 Å². The highest BCUT2D eigenvalue weighted by atomic mass is 16.5. The molecule has 0 spiro atoms. The van der Waals surface area contributed by atoms with E-state index in [2.05, 4.69) is 66.5 Å². The van der Waals surface area contributed by atoms with Crippen LogP contribution >= 0.6 is 0 Å². The number of carbonyl (C=O) groups is 1. The Kier molecular flexibility index (Phi) is 6.43. The van der Waals surface area contributed by atoms with Crippen molar-refractivity contribution >= 4 is 16.7 Å². The topological polar surface area (TPSA) is 70.1 Å². The van der Waals surface area contributed by atoms with Crippen molar-refractivity contribution in [2.45, 2.75) is 38.5 Å². The Labute approximate surface area is 182 Å². The lowest BCUT2D eigenvalue weighted by Crippen LogP contribution is -2.24. The first-order chi connectivity index (χ1) is 15.1. The standard InChI is InChI=1S/C26H27N3O2/c1-19(31-17-20-8-3-2-4-9-20)25(29-16-24(26(27)30)28-18-29)15-14-22-12-7-11-21-10-5-6-13-23(21)22/h2-13,16,18-19,25H,14-15,17H2,1H3,(H2,27,30)/t19-,25?/m0/s1. The molecular weight excluding hydrogens is 386 g/mol. The van der Waals surface area contributed by atoms with E-state index in [1.807, 2.05) is 22.8 Å². The van der Waals surface area contributed by atoms with Crippen LogP contribution in [0.3, 0.4) is 0 Å². The predicted molar refractivity (Wildman–Crippen MR) is 123 cm³/mol. The third kappa shape index (κ3) is 5.01. The molecule has 0 aliphatic heterocycles. The van der Waals surface area contributed by atoms with Gasteiger partial charge in [0.25, 0.3) is 5.91 Å². The summed E-state index contributed by atoms with van der Waals surface area (Å²) < 4.78 is 8.18. The first-order valence-electron chi connectivity index (χ1n) is 10.6. The minimum Gasteiger partial charge on any atom is -0.372 e. The maximum atomic E-state index is 11.6. The first-order valence-corrected chi connectivity index (χ1v) is 10.6. The van der Waals surface area contributed by atoms with Crippen molar-refractivity contribution in [3.63, 3.8) is 0 Å². The predicted octanol–water partition coefficient (Wildman–Crippen LogP) is 4.91. The van der Waals surface area contributed by atoms with Crippen molar-refractivity contribution in [3.8, 4) is 0 Å². The van der Waals surface area contributed by atoms with Crippen LogP contribution in [-0.2, 0) is 17.8 Å². The number of benzene rings is 3. The highest BCUT2D eigenvalue weighted by Gasteiger charge is 2.21. The van der Waals surface area contributed by atoms with Crippen molar-refractivity contribution in [2.24, 2.45) is 5.73 Å². The first kappa shape index (κ1) is 20.8. The lowest BCUT2D eigenvalue weighted by atomic mass is 9.97. The number of nitrogens with two attached hydrogens (primary N) is 1. The highest BCUT2D eigenvalue weighted by molar-refractivity contribution is 5.90. The Morgan fingerprint density at radius 2 is 1.77 bits per heavy atom. The minimum atomic E-state index is -0.524. The van der Waals surface area contributed by atoms with Gasteiger partial charge in [-0.05, 0) is 41.7 Å². The van der Waals surface area contributed by atoms with Crippen molar-refractivity contribution < 1.29 is 9.53 Å². The second kappa shape index (κ2) is 9.58. The number of aryl methyl sites for hydroxylation is 1. The zero-order valence-electron chi connectivity index (χ0n) is 17.6. The van der Waals surface area contributed by atoms with Gasteiger partial charge in [-0.1, -0.05) is 72.8 Å². The van der Waals surface area contributed by atoms with Gasteiger partial charge in [-0.15, -0.1) is 0 Å². The third-order valence-corrected chi connectivity index (χ3v) is 5.72. The van der Waals surface area contributed by atoms with Crippen molar-refractivity contribution in [1.29, 1.82) is 0 Å². The van der Waals surface area contributed by atoms with Gasteiger partial charge in [0.05, 0.1) is 25.1 Å². The van der Waals surface area contributed by atoms with Gasteiger partial charge in [0.2, 0.25) is 0 Å². The number of primary amides is 1. The number of rotatable bonds is 9. The number of imidazole rings is 1. The van der Waals surface area contributed by atoms with E-state index in [9.17, 15) is 4.79 Å². The van der Waals surface area contributed by atoms with E-state index >= 15 is 0 Å². The summed E-state index contributed by atoms with van der Waals surface area (Å²) in [6, 6.07) is 25.0. The molecule has 1 amide bonds. The van der Waals surface area contributed by atoms with Crippen molar-refractivity contribution in [1.82, 2.24) is 9.55 Å². The lowest BCUT2D eigenvalue weighted by molar-refractivity contribution is 0.0149. The van der Waals surface area contributed by atoms with Crippen LogP contribution in [0, 0.1) is 0 Å². The molecule has 0 saturated carbocycles. The van der Waals surface area contributed by atoms with Crippen LogP contribution in [-0.4, -0.2) is 21.6 Å². The number of carbonyl (C=O) groups excluding carboxylic acids is 1. The fourth-order valence-corrected chi connectivity index (χ4v) is 4.00. The number of amides is 1. The van der Waals surface area contributed by atoms with E-state index < -0.39 is 5.91 Å². The molecule has 0 fully saturated rings. The van der Waals surface area contributed by atoms with Gasteiger partial charge in [0.15, 0.2) is 0 Å². The molecule has 4 rings (SSSR count). The molecule has 158 valence electrons. The summed E-state index contributed by atoms with van der Waals surface area (Å²) in [4.78, 5) is 15.7. The van der Waals surface area contributed by atoms with Crippen LogP contribution in [0.1, 0.15) is 41.0 Å². The number of aromatic nitrogens is 2. The minimum absolute atomic E-state index is 0.0169. The zero-order valence-corrected chi connectivity index (χ0v) is 17.6. The molecule has 5 heteroatoms. The lowest BCUT2D eigenvalue weighted by Gasteiger charge is -2.26. The molecule has 31 heavy (non-hydrogen) atoms. The summed E-state index contributed by atoms with van der Waals surface area (Å²) in [5.74, 6) is -0.524. The SMILES string of the molecule is C[C@H](OCc1ccccc1)C(CCc1cccc2ccccc12)n1cnc(C(N)=O)c1. The molecule has 0 saturated heterocycles. The van der Waals surface area contributed by atoms with Gasteiger partial charge in [-0.25, -0.2) is 4.98 Å². The molecule has 0 radical (unpaired) electrons. The van der Waals surface area contributed by atoms with Crippen LogP contribution in [0.25, 0.3) is 10.8 Å². The maximum Gasteiger partial charge on any atom is 0.268 e. The normalized spacial score (nSPS) is 13.2. The molecule has 2 atom stereocenters. The summed E-state index contributed by atoms with van der Waals surface area (Å²) in [5, 5.41) is 2.51. The monoisotopic (exact) mass is 413 g/mol. The number of hydrogen-bond donors (Lipinski definition) is 1. The van der Waals surface area contributed by atoms with Gasteiger partial charge >= 0.3 is 0 Å².